The molecule has 1 unspecified atom stereocenters. The molecule has 0 amide bonds. The Labute approximate surface area is 52.8 Å². The fraction of sp³-hybridized carbons (Fsp3) is 0.500. The first-order valence-corrected chi connectivity index (χ1v) is 3.25. The SMILES string of the molecule is NC1CC=CSN1N. The molecule has 46 valence electrons. The monoisotopic (exact) mass is 131 g/mol. The Balaban J connectivity index is 2.44. The largest absolute Gasteiger partial charge is 0.314 e. The minimum absolute atomic E-state index is 0.00926. The summed E-state index contributed by atoms with van der Waals surface area (Å²) in [4.78, 5) is 0. The molecule has 0 radical (unpaired) electrons. The maximum atomic E-state index is 5.51. The average Bonchev–Trinajstić information content (AvgIpc) is 1.77. The van der Waals surface area contributed by atoms with Gasteiger partial charge >= 0.3 is 0 Å². The van der Waals surface area contributed by atoms with Crippen LogP contribution in [-0.2, 0) is 0 Å². The lowest BCUT2D eigenvalue weighted by atomic mass is 10.3. The predicted molar refractivity (Wildman–Crippen MR) is 35.3 cm³/mol. The van der Waals surface area contributed by atoms with Gasteiger partial charge in [0.25, 0.3) is 0 Å². The molecule has 0 saturated heterocycles. The fourth-order valence-corrected chi connectivity index (χ4v) is 1.07. The van der Waals surface area contributed by atoms with Gasteiger partial charge in [0, 0.05) is 0 Å². The summed E-state index contributed by atoms with van der Waals surface area (Å²) in [6.07, 6.45) is 2.85. The molecule has 4 N–H and O–H groups in total. The van der Waals surface area contributed by atoms with Crippen molar-refractivity contribution in [2.75, 3.05) is 0 Å². The Morgan fingerprint density at radius 2 is 2.50 bits per heavy atom. The molecule has 0 aromatic rings. The van der Waals surface area contributed by atoms with E-state index < -0.39 is 0 Å². The molecule has 1 aliphatic rings. The maximum absolute atomic E-state index is 5.51. The number of nitrogens with two attached hydrogens (primary N) is 2. The molecule has 0 aromatic carbocycles. The quantitative estimate of drug-likeness (QED) is 0.359. The highest BCUT2D eigenvalue weighted by Crippen LogP contribution is 2.15. The maximum Gasteiger partial charge on any atom is 0.0859 e. The lowest BCUT2D eigenvalue weighted by molar-refractivity contribution is 0.372. The summed E-state index contributed by atoms with van der Waals surface area (Å²) >= 11 is 1.43. The second-order valence-corrected chi connectivity index (χ2v) is 2.54. The zero-order valence-corrected chi connectivity index (χ0v) is 5.27. The number of hydrogen-bond donors (Lipinski definition) is 2. The van der Waals surface area contributed by atoms with Crippen molar-refractivity contribution in [2.45, 2.75) is 12.6 Å². The predicted octanol–water partition coefficient (Wildman–Crippen LogP) is 0.0125. The molecule has 1 rings (SSSR count). The summed E-state index contributed by atoms with van der Waals surface area (Å²) in [6, 6.07) is 0. The van der Waals surface area contributed by atoms with Gasteiger partial charge in [0.05, 0.1) is 6.17 Å². The third-order valence-electron chi connectivity index (χ3n) is 0.983. The number of rotatable bonds is 0. The van der Waals surface area contributed by atoms with Crippen LogP contribution in [0, 0.1) is 0 Å². The van der Waals surface area contributed by atoms with Gasteiger partial charge in [0.1, 0.15) is 0 Å². The minimum atomic E-state index is -0.00926. The van der Waals surface area contributed by atoms with Crippen LogP contribution < -0.4 is 11.6 Å². The summed E-state index contributed by atoms with van der Waals surface area (Å²) in [5, 5.41) is 1.93. The van der Waals surface area contributed by atoms with E-state index in [0.717, 1.165) is 6.42 Å². The van der Waals surface area contributed by atoms with Crippen LogP contribution in [0.1, 0.15) is 6.42 Å². The Bertz CT molecular complexity index is 91.5. The number of hydrazine groups is 1. The minimum Gasteiger partial charge on any atom is -0.314 e. The molecule has 0 spiro atoms. The van der Waals surface area contributed by atoms with Crippen LogP contribution in [0.15, 0.2) is 11.5 Å². The van der Waals surface area contributed by atoms with Crippen molar-refractivity contribution < 1.29 is 0 Å². The van der Waals surface area contributed by atoms with Crippen molar-refractivity contribution in [1.29, 1.82) is 0 Å². The van der Waals surface area contributed by atoms with Crippen LogP contribution in [0.5, 0.6) is 0 Å². The summed E-state index contributed by atoms with van der Waals surface area (Å²) in [7, 11) is 0. The summed E-state index contributed by atoms with van der Waals surface area (Å²) in [5.74, 6) is 5.40. The van der Waals surface area contributed by atoms with Gasteiger partial charge in [-0.1, -0.05) is 6.08 Å². The lowest BCUT2D eigenvalue weighted by Crippen LogP contribution is -2.42. The van der Waals surface area contributed by atoms with Gasteiger partial charge < -0.3 is 5.73 Å². The van der Waals surface area contributed by atoms with Gasteiger partial charge in [-0.05, 0) is 23.8 Å². The second-order valence-electron chi connectivity index (χ2n) is 1.64. The van der Waals surface area contributed by atoms with Gasteiger partial charge in [-0.15, -0.1) is 0 Å². The Morgan fingerprint density at radius 1 is 1.75 bits per heavy atom. The smallest absolute Gasteiger partial charge is 0.0859 e. The van der Waals surface area contributed by atoms with Crippen LogP contribution in [0.4, 0.5) is 0 Å². The third-order valence-corrected chi connectivity index (χ3v) is 1.81. The van der Waals surface area contributed by atoms with Crippen molar-refractivity contribution in [2.24, 2.45) is 11.6 Å². The van der Waals surface area contributed by atoms with Crippen LogP contribution in [0.3, 0.4) is 0 Å². The molecular formula is C4H9N3S. The molecule has 4 heteroatoms. The molecule has 1 atom stereocenters. The third kappa shape index (κ3) is 1.23. The molecule has 0 aliphatic carbocycles. The molecule has 1 aliphatic heterocycles. The standard InChI is InChI=1S/C4H9N3S/c5-4-2-1-3-8-7(4)6/h1,3-4H,2,5-6H2. The highest BCUT2D eigenvalue weighted by Gasteiger charge is 2.10. The zero-order valence-electron chi connectivity index (χ0n) is 4.45. The van der Waals surface area contributed by atoms with E-state index in [4.69, 9.17) is 11.6 Å². The van der Waals surface area contributed by atoms with Gasteiger partial charge in [0.15, 0.2) is 0 Å². The molecule has 8 heavy (non-hydrogen) atoms. The van der Waals surface area contributed by atoms with Crippen molar-refractivity contribution in [3.8, 4) is 0 Å². The van der Waals surface area contributed by atoms with E-state index in [2.05, 4.69) is 0 Å². The van der Waals surface area contributed by atoms with Gasteiger partial charge in [0.2, 0.25) is 0 Å². The highest BCUT2D eigenvalue weighted by molar-refractivity contribution is 7.99. The summed E-state index contributed by atoms with van der Waals surface area (Å²) in [6.45, 7) is 0. The van der Waals surface area contributed by atoms with Crippen molar-refractivity contribution >= 4 is 11.9 Å². The number of hydrogen-bond acceptors (Lipinski definition) is 4. The van der Waals surface area contributed by atoms with E-state index in [9.17, 15) is 0 Å². The van der Waals surface area contributed by atoms with Gasteiger partial charge in [-0.25, -0.2) is 0 Å². The fourth-order valence-electron chi connectivity index (χ4n) is 0.490. The van der Waals surface area contributed by atoms with Crippen molar-refractivity contribution in [1.82, 2.24) is 4.41 Å². The Hall–Kier alpha value is -0.0300. The summed E-state index contributed by atoms with van der Waals surface area (Å²) in [5.41, 5.74) is 5.51. The highest BCUT2D eigenvalue weighted by atomic mass is 32.2. The average molecular weight is 131 g/mol. The van der Waals surface area contributed by atoms with Crippen LogP contribution >= 0.6 is 11.9 Å². The Morgan fingerprint density at radius 3 is 2.88 bits per heavy atom. The van der Waals surface area contributed by atoms with E-state index >= 15 is 0 Å². The van der Waals surface area contributed by atoms with E-state index in [1.165, 1.54) is 11.9 Å². The van der Waals surface area contributed by atoms with E-state index in [1.54, 1.807) is 4.41 Å². The number of nitrogens with zero attached hydrogens (tertiary/aromatic N) is 1. The first-order valence-electron chi connectivity index (χ1n) is 2.42. The van der Waals surface area contributed by atoms with Crippen LogP contribution in [-0.4, -0.2) is 10.6 Å². The van der Waals surface area contributed by atoms with Crippen LogP contribution in [0.2, 0.25) is 0 Å². The molecule has 0 saturated carbocycles. The van der Waals surface area contributed by atoms with E-state index in [1.807, 2.05) is 11.5 Å². The molecule has 0 fully saturated rings. The first-order chi connectivity index (χ1) is 3.80. The van der Waals surface area contributed by atoms with Gasteiger partial charge in [-0.2, -0.15) is 4.41 Å². The molecule has 0 aromatic heterocycles. The summed E-state index contributed by atoms with van der Waals surface area (Å²) < 4.78 is 1.54. The molecule has 1 heterocycles. The molecular weight excluding hydrogens is 122 g/mol. The van der Waals surface area contributed by atoms with E-state index in [-0.39, 0.29) is 6.17 Å². The van der Waals surface area contributed by atoms with Crippen molar-refractivity contribution in [3.63, 3.8) is 0 Å². The lowest BCUT2D eigenvalue weighted by Gasteiger charge is -2.22. The second kappa shape index (κ2) is 2.50. The van der Waals surface area contributed by atoms with Crippen molar-refractivity contribution in [3.05, 3.63) is 11.5 Å². The normalized spacial score (nSPS) is 31.0. The van der Waals surface area contributed by atoms with Gasteiger partial charge in [-0.3, -0.25) is 5.84 Å². The zero-order chi connectivity index (χ0) is 5.98. The molecule has 3 nitrogen and oxygen atoms in total. The first kappa shape index (κ1) is 6.10. The molecule has 0 bridgehead atoms. The topological polar surface area (TPSA) is 55.3 Å². The Kier molecular flexibility index (Phi) is 1.90. The van der Waals surface area contributed by atoms with Crippen LogP contribution in [0.25, 0.3) is 0 Å². The van der Waals surface area contributed by atoms with E-state index in [0.29, 0.717) is 0 Å².